The molecule has 5 rings (SSSR count). The van der Waals surface area contributed by atoms with Gasteiger partial charge in [-0.1, -0.05) is 0 Å². The fraction of sp³-hybridized carbons (Fsp3) is 0.435. The van der Waals surface area contributed by atoms with Crippen LogP contribution in [0.4, 0.5) is 16.0 Å². The van der Waals surface area contributed by atoms with E-state index in [-0.39, 0.29) is 23.8 Å². The standard InChI is InChI=1S/C23H27FN8O2S/c1-15-13-30(8-9-31(15)14-35(33)34)20-10-17(24)11-21(29-20)32-7-4-19-18(16(32)2)12-27-23(28-19)22-25-5-3-6-26-22/h3,5-6,10-12,15-16H,4,7-9,13-14H2,1-2H3,(H,33,34)/p-1. The summed E-state index contributed by atoms with van der Waals surface area (Å²) >= 11 is -2.13. The summed E-state index contributed by atoms with van der Waals surface area (Å²) in [5.41, 5.74) is 1.90. The summed E-state index contributed by atoms with van der Waals surface area (Å²) in [5.74, 6) is 1.74. The van der Waals surface area contributed by atoms with Gasteiger partial charge in [-0.2, -0.15) is 0 Å². The zero-order valence-corrected chi connectivity index (χ0v) is 20.4. The maximum Gasteiger partial charge on any atom is 0.197 e. The van der Waals surface area contributed by atoms with E-state index in [1.165, 1.54) is 12.1 Å². The van der Waals surface area contributed by atoms with Crippen LogP contribution >= 0.6 is 0 Å². The van der Waals surface area contributed by atoms with Gasteiger partial charge in [-0.25, -0.2) is 29.3 Å². The lowest BCUT2D eigenvalue weighted by Gasteiger charge is -2.41. The molecule has 3 aromatic heterocycles. The van der Waals surface area contributed by atoms with E-state index >= 15 is 0 Å². The average Bonchev–Trinajstić information content (AvgIpc) is 2.85. The van der Waals surface area contributed by atoms with Crippen molar-refractivity contribution in [3.8, 4) is 11.6 Å². The van der Waals surface area contributed by atoms with E-state index in [4.69, 9.17) is 9.97 Å². The smallest absolute Gasteiger partial charge is 0.197 e. The Morgan fingerprint density at radius 2 is 1.83 bits per heavy atom. The molecule has 0 bridgehead atoms. The summed E-state index contributed by atoms with van der Waals surface area (Å²) in [6.07, 6.45) is 5.78. The molecule has 3 atom stereocenters. The number of halogens is 1. The van der Waals surface area contributed by atoms with Gasteiger partial charge in [0.1, 0.15) is 17.5 Å². The number of fused-ring (bicyclic) bond motifs is 1. The minimum atomic E-state index is -2.13. The van der Waals surface area contributed by atoms with Gasteiger partial charge in [-0.15, -0.1) is 0 Å². The van der Waals surface area contributed by atoms with Crippen LogP contribution in [0.25, 0.3) is 11.6 Å². The number of rotatable bonds is 5. The van der Waals surface area contributed by atoms with Gasteiger partial charge in [-0.05, 0) is 31.0 Å². The summed E-state index contributed by atoms with van der Waals surface area (Å²) < 4.78 is 36.9. The quantitative estimate of drug-likeness (QED) is 0.485. The Morgan fingerprint density at radius 3 is 2.57 bits per heavy atom. The first-order chi connectivity index (χ1) is 16.9. The van der Waals surface area contributed by atoms with E-state index in [1.54, 1.807) is 24.7 Å². The van der Waals surface area contributed by atoms with E-state index in [0.29, 0.717) is 55.9 Å². The van der Waals surface area contributed by atoms with Crippen molar-refractivity contribution >= 4 is 22.7 Å². The van der Waals surface area contributed by atoms with E-state index < -0.39 is 11.1 Å². The number of pyridine rings is 1. The normalized spacial score (nSPS) is 21.6. The minimum Gasteiger partial charge on any atom is -0.771 e. The van der Waals surface area contributed by atoms with Crippen molar-refractivity contribution in [3.63, 3.8) is 0 Å². The molecule has 0 spiro atoms. The summed E-state index contributed by atoms with van der Waals surface area (Å²) in [6, 6.07) is 4.57. The molecule has 0 N–H and O–H groups in total. The SMILES string of the molecule is CC1CN(c2cc(F)cc(N3CCc4nc(-c5ncccn5)ncc4C3C)n2)CCN1CS(=O)[O-]. The first-order valence-corrected chi connectivity index (χ1v) is 12.8. The lowest BCUT2D eigenvalue weighted by atomic mass is 9.99. The van der Waals surface area contributed by atoms with Crippen molar-refractivity contribution in [1.29, 1.82) is 0 Å². The number of hydrogen-bond acceptors (Lipinski definition) is 10. The maximum atomic E-state index is 14.7. The van der Waals surface area contributed by atoms with Crippen LogP contribution in [0, 0.1) is 5.82 Å². The summed E-state index contributed by atoms with van der Waals surface area (Å²) in [5, 5.41) is 0. The van der Waals surface area contributed by atoms with Crippen LogP contribution in [0.3, 0.4) is 0 Å². The van der Waals surface area contributed by atoms with Gasteiger partial charge in [0.05, 0.1) is 17.6 Å². The highest BCUT2D eigenvalue weighted by atomic mass is 32.2. The molecule has 12 heteroatoms. The van der Waals surface area contributed by atoms with Crippen LogP contribution in [0.1, 0.15) is 31.1 Å². The molecule has 10 nitrogen and oxygen atoms in total. The number of nitrogens with zero attached hydrogens (tertiary/aromatic N) is 8. The first-order valence-electron chi connectivity index (χ1n) is 11.5. The zero-order chi connectivity index (χ0) is 24.5. The van der Waals surface area contributed by atoms with Gasteiger partial charge in [0.15, 0.2) is 11.6 Å². The van der Waals surface area contributed by atoms with Crippen LogP contribution in [0.15, 0.2) is 36.8 Å². The monoisotopic (exact) mass is 497 g/mol. The molecular weight excluding hydrogens is 471 g/mol. The highest BCUT2D eigenvalue weighted by Crippen LogP contribution is 2.33. The molecule has 0 aliphatic carbocycles. The van der Waals surface area contributed by atoms with Gasteiger partial charge in [0, 0.05) is 74.9 Å². The Hall–Kier alpha value is -3.09. The molecule has 0 amide bonds. The van der Waals surface area contributed by atoms with E-state index in [0.717, 1.165) is 11.3 Å². The molecule has 1 saturated heterocycles. The molecule has 2 aliphatic heterocycles. The Labute approximate surface area is 205 Å². The average molecular weight is 498 g/mol. The molecule has 2 aliphatic rings. The molecule has 0 saturated carbocycles. The summed E-state index contributed by atoms with van der Waals surface area (Å²) in [4.78, 5) is 28.4. The van der Waals surface area contributed by atoms with Crippen molar-refractivity contribution < 1.29 is 13.2 Å². The number of piperazine rings is 1. The molecule has 0 aromatic carbocycles. The van der Waals surface area contributed by atoms with Gasteiger partial charge in [-0.3, -0.25) is 9.11 Å². The summed E-state index contributed by atoms with van der Waals surface area (Å²) in [7, 11) is 0. The third-order valence-corrected chi connectivity index (χ3v) is 7.13. The Morgan fingerprint density at radius 1 is 1.06 bits per heavy atom. The number of hydrogen-bond donors (Lipinski definition) is 0. The first kappa shape index (κ1) is 23.6. The molecule has 1 fully saturated rings. The second-order valence-electron chi connectivity index (χ2n) is 8.83. The van der Waals surface area contributed by atoms with Crippen LogP contribution < -0.4 is 9.80 Å². The number of anilines is 2. The second-order valence-corrected chi connectivity index (χ2v) is 9.70. The minimum absolute atomic E-state index is 0.00171. The third kappa shape index (κ3) is 5.00. The molecule has 184 valence electrons. The topological polar surface area (TPSA) is 114 Å². The molecule has 35 heavy (non-hydrogen) atoms. The second kappa shape index (κ2) is 9.88. The fourth-order valence-electron chi connectivity index (χ4n) is 4.71. The molecule has 0 radical (unpaired) electrons. The van der Waals surface area contributed by atoms with Crippen LogP contribution in [0.2, 0.25) is 0 Å². The maximum absolute atomic E-state index is 14.7. The highest BCUT2D eigenvalue weighted by Gasteiger charge is 2.29. The third-order valence-electron chi connectivity index (χ3n) is 6.59. The summed E-state index contributed by atoms with van der Waals surface area (Å²) in [6.45, 7) is 6.36. The van der Waals surface area contributed by atoms with E-state index in [1.807, 2.05) is 23.6 Å². The zero-order valence-electron chi connectivity index (χ0n) is 19.5. The molecule has 3 unspecified atom stereocenters. The van der Waals surface area contributed by atoms with Crippen molar-refractivity contribution in [1.82, 2.24) is 29.8 Å². The van der Waals surface area contributed by atoms with Crippen molar-refractivity contribution in [2.24, 2.45) is 0 Å². The predicted octanol–water partition coefficient (Wildman–Crippen LogP) is 1.94. The molecular formula is C23H26FN8O2S-. The predicted molar refractivity (Wildman–Crippen MR) is 129 cm³/mol. The highest BCUT2D eigenvalue weighted by molar-refractivity contribution is 7.79. The molecule has 5 heterocycles. The van der Waals surface area contributed by atoms with Crippen LogP contribution in [0.5, 0.6) is 0 Å². The Balaban J connectivity index is 1.36. The van der Waals surface area contributed by atoms with Crippen molar-refractivity contribution in [3.05, 3.63) is 53.9 Å². The van der Waals surface area contributed by atoms with Gasteiger partial charge in [0.2, 0.25) is 0 Å². The van der Waals surface area contributed by atoms with E-state index in [2.05, 4.69) is 19.9 Å². The Kier molecular flexibility index (Phi) is 6.67. The lowest BCUT2D eigenvalue weighted by molar-refractivity contribution is 0.217. The molecule has 3 aromatic rings. The van der Waals surface area contributed by atoms with Gasteiger partial charge in [0.25, 0.3) is 0 Å². The van der Waals surface area contributed by atoms with Crippen LogP contribution in [-0.4, -0.2) is 76.7 Å². The van der Waals surface area contributed by atoms with Crippen molar-refractivity contribution in [2.75, 3.05) is 41.9 Å². The van der Waals surface area contributed by atoms with Gasteiger partial charge < -0.3 is 14.4 Å². The fourth-order valence-corrected chi connectivity index (χ4v) is 5.36. The van der Waals surface area contributed by atoms with Gasteiger partial charge >= 0.3 is 0 Å². The Bertz CT molecular complexity index is 1230. The van der Waals surface area contributed by atoms with Crippen molar-refractivity contribution in [2.45, 2.75) is 32.4 Å². The largest absolute Gasteiger partial charge is 0.771 e. The van der Waals surface area contributed by atoms with Crippen LogP contribution in [-0.2, 0) is 17.5 Å². The van der Waals surface area contributed by atoms with E-state index in [9.17, 15) is 13.2 Å². The lowest BCUT2D eigenvalue weighted by Crippen LogP contribution is -2.53. The number of aromatic nitrogens is 5.